The van der Waals surface area contributed by atoms with E-state index in [1.807, 2.05) is 36.9 Å². The number of nitrogen functional groups attached to an aromatic ring is 1. The van der Waals surface area contributed by atoms with Crippen LogP contribution in [0.1, 0.15) is 13.3 Å². The van der Waals surface area contributed by atoms with Crippen molar-refractivity contribution in [3.8, 4) is 5.75 Å². The highest BCUT2D eigenvalue weighted by molar-refractivity contribution is 7.98. The smallest absolute Gasteiger partial charge is 0.123 e. The zero-order valence-corrected chi connectivity index (χ0v) is 10.8. The summed E-state index contributed by atoms with van der Waals surface area (Å²) < 4.78 is 5.43. The van der Waals surface area contributed by atoms with Crippen LogP contribution in [0, 0.1) is 0 Å². The topological polar surface area (TPSA) is 47.3 Å². The summed E-state index contributed by atoms with van der Waals surface area (Å²) in [6, 6.07) is 5.76. The van der Waals surface area contributed by atoms with E-state index in [2.05, 4.69) is 11.6 Å². The molecule has 3 N–H and O–H groups in total. The predicted molar refractivity (Wildman–Crippen MR) is 73.5 cm³/mol. The molecule has 0 aliphatic heterocycles. The number of nitrogens with one attached hydrogen (secondary N) is 1. The van der Waals surface area contributed by atoms with Gasteiger partial charge >= 0.3 is 0 Å². The molecule has 0 saturated carbocycles. The summed E-state index contributed by atoms with van der Waals surface area (Å²) in [5, 5.41) is 3.35. The number of thioether (sulfide) groups is 1. The van der Waals surface area contributed by atoms with Crippen LogP contribution in [-0.2, 0) is 0 Å². The second kappa shape index (κ2) is 7.28. The molecule has 1 aromatic rings. The van der Waals surface area contributed by atoms with Crippen molar-refractivity contribution in [2.75, 3.05) is 36.2 Å². The SMILES string of the molecule is CCOc1cc(N)cc(NCCCSC)c1. The molecule has 1 rings (SSSR count). The fraction of sp³-hybridized carbons (Fsp3) is 0.500. The molecule has 1 aromatic carbocycles. The second-order valence-electron chi connectivity index (χ2n) is 3.50. The largest absolute Gasteiger partial charge is 0.494 e. The maximum Gasteiger partial charge on any atom is 0.123 e. The molecule has 0 amide bonds. The van der Waals surface area contributed by atoms with Crippen molar-refractivity contribution in [3.05, 3.63) is 18.2 Å². The predicted octanol–water partition coefficient (Wildman–Crippen LogP) is 2.83. The van der Waals surface area contributed by atoms with Crippen LogP contribution in [0.25, 0.3) is 0 Å². The van der Waals surface area contributed by atoms with E-state index in [9.17, 15) is 0 Å². The van der Waals surface area contributed by atoms with Gasteiger partial charge in [0.1, 0.15) is 5.75 Å². The Balaban J connectivity index is 2.51. The first-order valence-corrected chi connectivity index (χ1v) is 6.91. The number of hydrogen-bond acceptors (Lipinski definition) is 4. The van der Waals surface area contributed by atoms with E-state index in [1.54, 1.807) is 0 Å². The van der Waals surface area contributed by atoms with Crippen LogP contribution in [0.4, 0.5) is 11.4 Å². The summed E-state index contributed by atoms with van der Waals surface area (Å²) in [4.78, 5) is 0. The van der Waals surface area contributed by atoms with Crippen molar-refractivity contribution in [2.24, 2.45) is 0 Å². The molecule has 0 spiro atoms. The number of nitrogens with two attached hydrogens (primary N) is 1. The quantitative estimate of drug-likeness (QED) is 0.568. The summed E-state index contributed by atoms with van der Waals surface area (Å²) in [7, 11) is 0. The standard InChI is InChI=1S/C12H20N2OS/c1-3-15-12-8-10(13)7-11(9-12)14-5-4-6-16-2/h7-9,14H,3-6,13H2,1-2H3. The summed E-state index contributed by atoms with van der Waals surface area (Å²) >= 11 is 1.86. The number of rotatable bonds is 7. The summed E-state index contributed by atoms with van der Waals surface area (Å²) in [5.41, 5.74) is 7.56. The lowest BCUT2D eigenvalue weighted by molar-refractivity contribution is 0.340. The van der Waals surface area contributed by atoms with Crippen LogP contribution in [0.5, 0.6) is 5.75 Å². The Morgan fingerprint density at radius 3 is 2.88 bits per heavy atom. The van der Waals surface area contributed by atoms with Gasteiger partial charge in [0.25, 0.3) is 0 Å². The molecule has 0 aliphatic rings. The molecule has 0 aromatic heterocycles. The van der Waals surface area contributed by atoms with Gasteiger partial charge in [-0.3, -0.25) is 0 Å². The zero-order chi connectivity index (χ0) is 11.8. The van der Waals surface area contributed by atoms with Gasteiger partial charge in [0.15, 0.2) is 0 Å². The summed E-state index contributed by atoms with van der Waals surface area (Å²) in [5.74, 6) is 2.00. The molecule has 0 fully saturated rings. The van der Waals surface area contributed by atoms with Crippen LogP contribution in [-0.4, -0.2) is 25.2 Å². The van der Waals surface area contributed by atoms with E-state index in [0.29, 0.717) is 6.61 Å². The third-order valence-electron chi connectivity index (χ3n) is 2.09. The Morgan fingerprint density at radius 2 is 2.19 bits per heavy atom. The van der Waals surface area contributed by atoms with E-state index < -0.39 is 0 Å². The number of ether oxygens (including phenoxy) is 1. The molecule has 0 radical (unpaired) electrons. The molecule has 0 atom stereocenters. The highest BCUT2D eigenvalue weighted by atomic mass is 32.2. The number of hydrogen-bond donors (Lipinski definition) is 2. The molecule has 0 aliphatic carbocycles. The molecule has 16 heavy (non-hydrogen) atoms. The molecular formula is C12H20N2OS. The summed E-state index contributed by atoms with van der Waals surface area (Å²) in [6.45, 7) is 3.60. The normalized spacial score (nSPS) is 10.1. The minimum absolute atomic E-state index is 0.662. The molecule has 0 unspecified atom stereocenters. The molecular weight excluding hydrogens is 220 g/mol. The maximum absolute atomic E-state index is 5.80. The maximum atomic E-state index is 5.80. The minimum Gasteiger partial charge on any atom is -0.494 e. The molecule has 0 heterocycles. The van der Waals surface area contributed by atoms with Crippen molar-refractivity contribution < 1.29 is 4.74 Å². The Bertz CT molecular complexity index is 318. The van der Waals surface area contributed by atoms with Crippen LogP contribution in [0.3, 0.4) is 0 Å². The third kappa shape index (κ3) is 4.66. The Labute approximate surface area is 102 Å². The second-order valence-corrected chi connectivity index (χ2v) is 4.48. The fourth-order valence-electron chi connectivity index (χ4n) is 1.42. The first-order valence-electron chi connectivity index (χ1n) is 5.52. The van der Waals surface area contributed by atoms with Crippen molar-refractivity contribution in [2.45, 2.75) is 13.3 Å². The van der Waals surface area contributed by atoms with Gasteiger partial charge in [0.2, 0.25) is 0 Å². The van der Waals surface area contributed by atoms with E-state index in [1.165, 1.54) is 5.75 Å². The third-order valence-corrected chi connectivity index (χ3v) is 2.79. The molecule has 0 bridgehead atoms. The van der Waals surface area contributed by atoms with Gasteiger partial charge in [-0.15, -0.1) is 0 Å². The van der Waals surface area contributed by atoms with Crippen LogP contribution in [0.2, 0.25) is 0 Å². The van der Waals surface area contributed by atoms with E-state index in [0.717, 1.165) is 30.1 Å². The average molecular weight is 240 g/mol. The van der Waals surface area contributed by atoms with Gasteiger partial charge in [-0.25, -0.2) is 0 Å². The Kier molecular flexibility index (Phi) is 5.93. The monoisotopic (exact) mass is 240 g/mol. The molecule has 4 heteroatoms. The van der Waals surface area contributed by atoms with Crippen molar-refractivity contribution in [3.63, 3.8) is 0 Å². The van der Waals surface area contributed by atoms with E-state index in [4.69, 9.17) is 10.5 Å². The highest BCUT2D eigenvalue weighted by Crippen LogP contribution is 2.22. The zero-order valence-electron chi connectivity index (χ0n) is 9.95. The Hall–Kier alpha value is -1.03. The number of anilines is 2. The number of benzene rings is 1. The minimum atomic E-state index is 0.662. The lowest BCUT2D eigenvalue weighted by Crippen LogP contribution is -2.03. The van der Waals surface area contributed by atoms with Gasteiger partial charge in [0.05, 0.1) is 6.61 Å². The highest BCUT2D eigenvalue weighted by Gasteiger charge is 1.99. The van der Waals surface area contributed by atoms with E-state index >= 15 is 0 Å². The molecule has 90 valence electrons. The van der Waals surface area contributed by atoms with Crippen molar-refractivity contribution in [1.29, 1.82) is 0 Å². The van der Waals surface area contributed by atoms with Crippen LogP contribution < -0.4 is 15.8 Å². The van der Waals surface area contributed by atoms with Crippen LogP contribution >= 0.6 is 11.8 Å². The molecule has 0 saturated heterocycles. The molecule has 3 nitrogen and oxygen atoms in total. The first kappa shape index (κ1) is 13.0. The summed E-state index contributed by atoms with van der Waals surface area (Å²) in [6.07, 6.45) is 3.27. The van der Waals surface area contributed by atoms with Crippen LogP contribution in [0.15, 0.2) is 18.2 Å². The van der Waals surface area contributed by atoms with Gasteiger partial charge in [-0.2, -0.15) is 11.8 Å². The van der Waals surface area contributed by atoms with Crippen molar-refractivity contribution >= 4 is 23.1 Å². The van der Waals surface area contributed by atoms with Crippen molar-refractivity contribution in [1.82, 2.24) is 0 Å². The fourth-order valence-corrected chi connectivity index (χ4v) is 1.86. The van der Waals surface area contributed by atoms with Gasteiger partial charge in [-0.05, 0) is 31.4 Å². The van der Waals surface area contributed by atoms with Gasteiger partial charge < -0.3 is 15.8 Å². The van der Waals surface area contributed by atoms with Gasteiger partial charge in [0, 0.05) is 30.1 Å². The Morgan fingerprint density at radius 1 is 1.38 bits per heavy atom. The van der Waals surface area contributed by atoms with Gasteiger partial charge in [-0.1, -0.05) is 0 Å². The van der Waals surface area contributed by atoms with E-state index in [-0.39, 0.29) is 0 Å². The lowest BCUT2D eigenvalue weighted by atomic mass is 10.2. The first-order chi connectivity index (χ1) is 7.76. The average Bonchev–Trinajstić information content (AvgIpc) is 2.24. The lowest BCUT2D eigenvalue weighted by Gasteiger charge is -2.10.